The number of nitrogens with zero attached hydrogens (tertiary/aromatic N) is 3. The van der Waals surface area contributed by atoms with Crippen LogP contribution in [0.25, 0.3) is 0 Å². The molecule has 2 aliphatic heterocycles. The molecule has 1 aromatic heterocycles. The lowest BCUT2D eigenvalue weighted by molar-refractivity contribution is -0.137. The zero-order valence-electron chi connectivity index (χ0n) is 13.6. The second kappa shape index (κ2) is 6.01. The van der Waals surface area contributed by atoms with Crippen molar-refractivity contribution < 1.29 is 14.3 Å². The first-order valence-corrected chi connectivity index (χ1v) is 8.07. The Balaban J connectivity index is 1.80. The number of carbonyl (C=O) groups is 1. The molecule has 1 amide bonds. The maximum absolute atomic E-state index is 12.9. The molecule has 0 bridgehead atoms. The highest BCUT2D eigenvalue weighted by Crippen LogP contribution is 2.36. The molecule has 0 unspecified atom stereocenters. The van der Waals surface area contributed by atoms with Crippen LogP contribution in [0, 0.1) is 0 Å². The molecule has 2 atom stereocenters. The van der Waals surface area contributed by atoms with Crippen LogP contribution < -0.4 is 0 Å². The van der Waals surface area contributed by atoms with E-state index in [1.807, 2.05) is 18.7 Å². The Labute approximate surface area is 131 Å². The van der Waals surface area contributed by atoms with Gasteiger partial charge in [-0.15, -0.1) is 0 Å². The molecule has 6 heteroatoms. The van der Waals surface area contributed by atoms with Gasteiger partial charge in [-0.3, -0.25) is 9.48 Å². The number of hydrogen-bond donors (Lipinski definition) is 0. The monoisotopic (exact) mass is 307 g/mol. The van der Waals surface area contributed by atoms with Crippen LogP contribution in [0.4, 0.5) is 0 Å². The minimum Gasteiger partial charge on any atom is -0.378 e. The van der Waals surface area contributed by atoms with Crippen molar-refractivity contribution in [3.05, 3.63) is 18.0 Å². The van der Waals surface area contributed by atoms with Gasteiger partial charge in [0.25, 0.3) is 5.91 Å². The minimum absolute atomic E-state index is 0.0376. The Morgan fingerprint density at radius 3 is 3.00 bits per heavy atom. The highest BCUT2D eigenvalue weighted by molar-refractivity contribution is 5.92. The van der Waals surface area contributed by atoms with Crippen molar-refractivity contribution in [1.29, 1.82) is 0 Å². The Hall–Kier alpha value is -1.40. The number of likely N-dealkylation sites (tertiary alicyclic amines) is 1. The third-order valence-electron chi connectivity index (χ3n) is 4.79. The summed E-state index contributed by atoms with van der Waals surface area (Å²) >= 11 is 0. The van der Waals surface area contributed by atoms with Crippen molar-refractivity contribution in [3.63, 3.8) is 0 Å². The molecular weight excluding hydrogens is 282 g/mol. The minimum atomic E-state index is -0.328. The van der Waals surface area contributed by atoms with E-state index in [2.05, 4.69) is 5.10 Å². The van der Waals surface area contributed by atoms with Crippen molar-refractivity contribution in [1.82, 2.24) is 14.7 Å². The predicted molar refractivity (Wildman–Crippen MR) is 81.8 cm³/mol. The third-order valence-corrected chi connectivity index (χ3v) is 4.79. The van der Waals surface area contributed by atoms with Crippen molar-refractivity contribution in [2.24, 2.45) is 0 Å². The van der Waals surface area contributed by atoms with Crippen molar-refractivity contribution in [2.45, 2.75) is 50.9 Å². The lowest BCUT2D eigenvalue weighted by atomic mass is 9.86. The number of hydrogen-bond acceptors (Lipinski definition) is 4. The molecule has 0 aliphatic carbocycles. The maximum Gasteiger partial charge on any atom is 0.272 e. The predicted octanol–water partition coefficient (Wildman–Crippen LogP) is 1.87. The SMILES string of the molecule is CO[C@H]1CCN(C(=O)c2ccnn2C(C)C)C[C@@]12CCCO2. The van der Waals surface area contributed by atoms with Gasteiger partial charge in [-0.1, -0.05) is 0 Å². The Bertz CT molecular complexity index is 534. The van der Waals surface area contributed by atoms with Crippen LogP contribution in [-0.2, 0) is 9.47 Å². The molecule has 0 radical (unpaired) electrons. The van der Waals surface area contributed by atoms with Crippen LogP contribution in [0.5, 0.6) is 0 Å². The Morgan fingerprint density at radius 1 is 1.55 bits per heavy atom. The normalized spacial score (nSPS) is 28.7. The molecule has 0 N–H and O–H groups in total. The fraction of sp³-hybridized carbons (Fsp3) is 0.750. The van der Waals surface area contributed by atoms with Crippen LogP contribution in [-0.4, -0.2) is 59.1 Å². The standard InChI is InChI=1S/C16H25N3O3/c1-12(2)19-13(5-8-17-19)15(20)18-9-6-14(21-3)16(11-18)7-4-10-22-16/h5,8,12,14H,4,6-7,9-11H2,1-3H3/t14-,16-/m0/s1. The zero-order chi connectivity index (χ0) is 15.7. The van der Waals surface area contributed by atoms with Gasteiger partial charge < -0.3 is 14.4 Å². The number of ether oxygens (including phenoxy) is 2. The largest absolute Gasteiger partial charge is 0.378 e. The average Bonchev–Trinajstić information content (AvgIpc) is 3.16. The summed E-state index contributed by atoms with van der Waals surface area (Å²) in [5.74, 6) is 0.0376. The van der Waals surface area contributed by atoms with Gasteiger partial charge in [0.15, 0.2) is 0 Å². The van der Waals surface area contributed by atoms with Crippen LogP contribution in [0.1, 0.15) is 49.6 Å². The van der Waals surface area contributed by atoms with E-state index in [9.17, 15) is 4.79 Å². The topological polar surface area (TPSA) is 56.6 Å². The van der Waals surface area contributed by atoms with E-state index in [1.54, 1.807) is 24.1 Å². The molecule has 122 valence electrons. The quantitative estimate of drug-likeness (QED) is 0.855. The Morgan fingerprint density at radius 2 is 2.36 bits per heavy atom. The fourth-order valence-electron chi connectivity index (χ4n) is 3.70. The number of piperidine rings is 1. The van der Waals surface area contributed by atoms with E-state index in [0.717, 1.165) is 25.9 Å². The van der Waals surface area contributed by atoms with Crippen LogP contribution in [0.2, 0.25) is 0 Å². The molecule has 2 aliphatic rings. The first-order chi connectivity index (χ1) is 10.6. The lowest BCUT2D eigenvalue weighted by Crippen LogP contribution is -2.58. The van der Waals surface area contributed by atoms with E-state index in [0.29, 0.717) is 18.8 Å². The number of amides is 1. The van der Waals surface area contributed by atoms with E-state index in [-0.39, 0.29) is 23.7 Å². The summed E-state index contributed by atoms with van der Waals surface area (Å²) in [6.07, 6.45) is 4.58. The second-order valence-corrected chi connectivity index (χ2v) is 6.51. The van der Waals surface area contributed by atoms with Gasteiger partial charge in [-0.25, -0.2) is 0 Å². The van der Waals surface area contributed by atoms with E-state index < -0.39 is 0 Å². The van der Waals surface area contributed by atoms with Gasteiger partial charge in [-0.05, 0) is 39.2 Å². The molecule has 22 heavy (non-hydrogen) atoms. The first-order valence-electron chi connectivity index (χ1n) is 8.07. The van der Waals surface area contributed by atoms with Gasteiger partial charge >= 0.3 is 0 Å². The zero-order valence-corrected chi connectivity index (χ0v) is 13.6. The highest BCUT2D eigenvalue weighted by atomic mass is 16.6. The Kier molecular flexibility index (Phi) is 4.23. The van der Waals surface area contributed by atoms with Crippen LogP contribution >= 0.6 is 0 Å². The first kappa shape index (κ1) is 15.5. The highest BCUT2D eigenvalue weighted by Gasteiger charge is 2.48. The molecule has 6 nitrogen and oxygen atoms in total. The van der Waals surface area contributed by atoms with Crippen LogP contribution in [0.3, 0.4) is 0 Å². The summed E-state index contributed by atoms with van der Waals surface area (Å²) in [5, 5.41) is 4.26. The molecule has 2 saturated heterocycles. The van der Waals surface area contributed by atoms with Gasteiger partial charge in [0.05, 0.1) is 12.6 Å². The molecule has 3 heterocycles. The molecule has 3 rings (SSSR count). The van der Waals surface area contributed by atoms with E-state index in [4.69, 9.17) is 9.47 Å². The summed E-state index contributed by atoms with van der Waals surface area (Å²) < 4.78 is 13.4. The number of methoxy groups -OCH3 is 1. The summed E-state index contributed by atoms with van der Waals surface area (Å²) in [4.78, 5) is 14.8. The van der Waals surface area contributed by atoms with Crippen molar-refractivity contribution in [3.8, 4) is 0 Å². The number of carbonyl (C=O) groups excluding carboxylic acids is 1. The van der Waals surface area contributed by atoms with Gasteiger partial charge in [0, 0.05) is 32.5 Å². The molecule has 2 fully saturated rings. The number of rotatable bonds is 3. The van der Waals surface area contributed by atoms with Gasteiger partial charge in [0.2, 0.25) is 0 Å². The van der Waals surface area contributed by atoms with E-state index >= 15 is 0 Å². The summed E-state index contributed by atoms with van der Waals surface area (Å²) in [5.41, 5.74) is 0.324. The third kappa shape index (κ3) is 2.54. The van der Waals surface area contributed by atoms with Gasteiger partial charge in [-0.2, -0.15) is 5.10 Å². The molecular formula is C16H25N3O3. The molecule has 1 spiro atoms. The van der Waals surface area contributed by atoms with E-state index in [1.165, 1.54) is 0 Å². The number of aromatic nitrogens is 2. The smallest absolute Gasteiger partial charge is 0.272 e. The maximum atomic E-state index is 12.9. The van der Waals surface area contributed by atoms with Crippen molar-refractivity contribution >= 4 is 5.91 Å². The molecule has 1 aromatic rings. The molecule has 0 aromatic carbocycles. The van der Waals surface area contributed by atoms with Gasteiger partial charge in [0.1, 0.15) is 11.3 Å². The lowest BCUT2D eigenvalue weighted by Gasteiger charge is -2.44. The summed E-state index contributed by atoms with van der Waals surface area (Å²) in [7, 11) is 1.74. The summed E-state index contributed by atoms with van der Waals surface area (Å²) in [6.45, 7) is 6.12. The molecule has 0 saturated carbocycles. The van der Waals surface area contributed by atoms with Crippen LogP contribution in [0.15, 0.2) is 12.3 Å². The van der Waals surface area contributed by atoms with Crippen molar-refractivity contribution in [2.75, 3.05) is 26.8 Å². The average molecular weight is 307 g/mol. The summed E-state index contributed by atoms with van der Waals surface area (Å²) in [6, 6.07) is 1.97. The fourth-order valence-corrected chi connectivity index (χ4v) is 3.70. The second-order valence-electron chi connectivity index (χ2n) is 6.51.